The fourth-order valence-electron chi connectivity index (χ4n) is 1.12. The molecule has 1 heterocycles. The molecule has 0 aromatic carbocycles. The molecule has 0 spiro atoms. The van der Waals surface area contributed by atoms with Gasteiger partial charge in [0.25, 0.3) is 0 Å². The Kier molecular flexibility index (Phi) is 2.97. The quantitative estimate of drug-likeness (QED) is 0.726. The Morgan fingerprint density at radius 2 is 2.38 bits per heavy atom. The smallest absolute Gasteiger partial charge is 0.306 e. The van der Waals surface area contributed by atoms with Crippen molar-refractivity contribution in [2.75, 3.05) is 0 Å². The third kappa shape index (κ3) is 2.52. The summed E-state index contributed by atoms with van der Waals surface area (Å²) < 4.78 is 0. The third-order valence-corrected chi connectivity index (χ3v) is 1.77. The van der Waals surface area contributed by atoms with Crippen molar-refractivity contribution >= 4 is 5.97 Å². The second-order valence-electron chi connectivity index (χ2n) is 2.79. The summed E-state index contributed by atoms with van der Waals surface area (Å²) in [5.41, 5.74) is 1.24. The minimum absolute atomic E-state index is 0.285. The summed E-state index contributed by atoms with van der Waals surface area (Å²) in [6, 6.07) is 3.35. The van der Waals surface area contributed by atoms with Crippen molar-refractivity contribution in [1.29, 1.82) is 0 Å². The van der Waals surface area contributed by atoms with Gasteiger partial charge in [0.2, 0.25) is 0 Å². The van der Waals surface area contributed by atoms with E-state index < -0.39 is 12.1 Å². The van der Waals surface area contributed by atoms with E-state index in [-0.39, 0.29) is 6.42 Å². The molecule has 1 rings (SSSR count). The fraction of sp³-hybridized carbons (Fsp3) is 0.333. The van der Waals surface area contributed by atoms with Crippen LogP contribution in [0, 0.1) is 6.92 Å². The van der Waals surface area contributed by atoms with E-state index >= 15 is 0 Å². The molecule has 0 saturated carbocycles. The molecular weight excluding hydrogens is 170 g/mol. The summed E-state index contributed by atoms with van der Waals surface area (Å²) in [6.45, 7) is 1.74. The lowest BCUT2D eigenvalue weighted by Crippen LogP contribution is -2.07. The molecule has 0 saturated heterocycles. The van der Waals surface area contributed by atoms with Crippen molar-refractivity contribution in [3.8, 4) is 0 Å². The zero-order valence-corrected chi connectivity index (χ0v) is 7.27. The van der Waals surface area contributed by atoms with Crippen LogP contribution in [0.15, 0.2) is 18.3 Å². The Bertz CT molecular complexity index is 311. The zero-order valence-electron chi connectivity index (χ0n) is 7.27. The van der Waals surface area contributed by atoms with Crippen molar-refractivity contribution in [3.63, 3.8) is 0 Å². The van der Waals surface area contributed by atoms with Crippen LogP contribution in [0.3, 0.4) is 0 Å². The third-order valence-electron chi connectivity index (χ3n) is 1.77. The number of carboxylic acid groups (broad SMARTS) is 1. The van der Waals surface area contributed by atoms with Gasteiger partial charge in [0.05, 0.1) is 12.5 Å². The second kappa shape index (κ2) is 4.00. The first-order valence-electron chi connectivity index (χ1n) is 3.92. The second-order valence-corrected chi connectivity index (χ2v) is 2.79. The number of aliphatic hydroxyl groups is 1. The SMILES string of the molecule is Cc1ncccc1[C@@H](O)CC(=O)O. The lowest BCUT2D eigenvalue weighted by atomic mass is 10.1. The largest absolute Gasteiger partial charge is 0.481 e. The number of carbonyl (C=O) groups is 1. The first kappa shape index (κ1) is 9.67. The van der Waals surface area contributed by atoms with E-state index in [2.05, 4.69) is 4.98 Å². The molecule has 1 atom stereocenters. The molecule has 1 aromatic heterocycles. The topological polar surface area (TPSA) is 70.4 Å². The average Bonchev–Trinajstić information content (AvgIpc) is 2.03. The van der Waals surface area contributed by atoms with Crippen LogP contribution in [0.1, 0.15) is 23.8 Å². The summed E-state index contributed by atoms with van der Waals surface area (Å²) in [4.78, 5) is 14.3. The highest BCUT2D eigenvalue weighted by Gasteiger charge is 2.13. The Morgan fingerprint density at radius 1 is 1.69 bits per heavy atom. The maximum atomic E-state index is 10.3. The van der Waals surface area contributed by atoms with Gasteiger partial charge in [0.1, 0.15) is 0 Å². The molecule has 0 amide bonds. The minimum Gasteiger partial charge on any atom is -0.481 e. The molecule has 0 unspecified atom stereocenters. The Balaban J connectivity index is 2.82. The van der Waals surface area contributed by atoms with Crippen LogP contribution >= 0.6 is 0 Å². The molecule has 0 bridgehead atoms. The summed E-state index contributed by atoms with van der Waals surface area (Å²) in [6.07, 6.45) is 0.352. The summed E-state index contributed by atoms with van der Waals surface area (Å²) in [5, 5.41) is 17.9. The number of hydrogen-bond acceptors (Lipinski definition) is 3. The van der Waals surface area contributed by atoms with Gasteiger partial charge in [0.15, 0.2) is 0 Å². The first-order valence-corrected chi connectivity index (χ1v) is 3.92. The van der Waals surface area contributed by atoms with Gasteiger partial charge in [-0.15, -0.1) is 0 Å². The minimum atomic E-state index is -1.02. The molecule has 13 heavy (non-hydrogen) atoms. The highest BCUT2D eigenvalue weighted by Crippen LogP contribution is 2.18. The lowest BCUT2D eigenvalue weighted by molar-refractivity contribution is -0.139. The molecule has 0 aliphatic carbocycles. The van der Waals surface area contributed by atoms with Gasteiger partial charge in [-0.1, -0.05) is 6.07 Å². The van der Waals surface area contributed by atoms with Crippen molar-refractivity contribution in [1.82, 2.24) is 4.98 Å². The molecule has 2 N–H and O–H groups in total. The van der Waals surface area contributed by atoms with Crippen LogP contribution < -0.4 is 0 Å². The predicted octanol–water partition coefficient (Wildman–Crippen LogP) is 0.898. The molecule has 0 aliphatic heterocycles. The Hall–Kier alpha value is -1.42. The van der Waals surface area contributed by atoms with E-state index in [1.54, 1.807) is 25.3 Å². The molecule has 4 nitrogen and oxygen atoms in total. The number of nitrogens with zero attached hydrogens (tertiary/aromatic N) is 1. The van der Waals surface area contributed by atoms with Gasteiger partial charge in [-0.05, 0) is 13.0 Å². The summed E-state index contributed by atoms with van der Waals surface area (Å²) >= 11 is 0. The van der Waals surface area contributed by atoms with Crippen LogP contribution in [0.4, 0.5) is 0 Å². The van der Waals surface area contributed by atoms with Crippen molar-refractivity contribution in [2.24, 2.45) is 0 Å². The maximum Gasteiger partial charge on any atom is 0.306 e. The Labute approximate surface area is 75.9 Å². The van der Waals surface area contributed by atoms with Gasteiger partial charge in [-0.3, -0.25) is 9.78 Å². The molecule has 0 fully saturated rings. The Morgan fingerprint density at radius 3 is 2.92 bits per heavy atom. The van der Waals surface area contributed by atoms with E-state index in [9.17, 15) is 9.90 Å². The van der Waals surface area contributed by atoms with E-state index in [1.807, 2.05) is 0 Å². The van der Waals surface area contributed by atoms with Crippen LogP contribution in [0.5, 0.6) is 0 Å². The van der Waals surface area contributed by atoms with Gasteiger partial charge in [-0.25, -0.2) is 0 Å². The highest BCUT2D eigenvalue weighted by molar-refractivity contribution is 5.67. The standard InChI is InChI=1S/C9H11NO3/c1-6-7(3-2-4-10-6)8(11)5-9(12)13/h2-4,8,11H,5H2,1H3,(H,12,13)/t8-/m0/s1. The normalized spacial score (nSPS) is 12.5. The average molecular weight is 181 g/mol. The predicted molar refractivity (Wildman–Crippen MR) is 46.2 cm³/mol. The number of aliphatic carboxylic acids is 1. The van der Waals surface area contributed by atoms with Gasteiger partial charge in [-0.2, -0.15) is 0 Å². The van der Waals surface area contributed by atoms with E-state index in [4.69, 9.17) is 5.11 Å². The van der Waals surface area contributed by atoms with Crippen LogP contribution in [0.25, 0.3) is 0 Å². The van der Waals surface area contributed by atoms with Crippen molar-refractivity contribution in [3.05, 3.63) is 29.6 Å². The molecule has 70 valence electrons. The number of aromatic nitrogens is 1. The maximum absolute atomic E-state index is 10.3. The van der Waals surface area contributed by atoms with Crippen molar-refractivity contribution < 1.29 is 15.0 Å². The molecule has 0 radical (unpaired) electrons. The van der Waals surface area contributed by atoms with Crippen LogP contribution in [-0.4, -0.2) is 21.2 Å². The van der Waals surface area contributed by atoms with E-state index in [1.165, 1.54) is 0 Å². The van der Waals surface area contributed by atoms with Crippen LogP contribution in [0.2, 0.25) is 0 Å². The number of hydrogen-bond donors (Lipinski definition) is 2. The monoisotopic (exact) mass is 181 g/mol. The molecule has 1 aromatic rings. The van der Waals surface area contributed by atoms with Gasteiger partial charge in [0, 0.05) is 17.5 Å². The van der Waals surface area contributed by atoms with Gasteiger partial charge < -0.3 is 10.2 Å². The molecular formula is C9H11NO3. The molecule has 4 heteroatoms. The first-order chi connectivity index (χ1) is 6.11. The highest BCUT2D eigenvalue weighted by atomic mass is 16.4. The summed E-state index contributed by atoms with van der Waals surface area (Å²) in [5.74, 6) is -1.02. The fourth-order valence-corrected chi connectivity index (χ4v) is 1.12. The number of carboxylic acids is 1. The van der Waals surface area contributed by atoms with E-state index in [0.717, 1.165) is 0 Å². The lowest BCUT2D eigenvalue weighted by Gasteiger charge is -2.09. The summed E-state index contributed by atoms with van der Waals surface area (Å²) in [7, 11) is 0. The zero-order chi connectivity index (χ0) is 9.84. The molecule has 0 aliphatic rings. The van der Waals surface area contributed by atoms with Crippen molar-refractivity contribution in [2.45, 2.75) is 19.4 Å². The van der Waals surface area contributed by atoms with E-state index in [0.29, 0.717) is 11.3 Å². The van der Waals surface area contributed by atoms with Crippen LogP contribution in [-0.2, 0) is 4.79 Å². The number of pyridine rings is 1. The number of rotatable bonds is 3. The number of aryl methyl sites for hydroxylation is 1. The number of aliphatic hydroxyl groups excluding tert-OH is 1. The van der Waals surface area contributed by atoms with Gasteiger partial charge >= 0.3 is 5.97 Å².